The second kappa shape index (κ2) is 4.70. The smallest absolute Gasteiger partial charge is 0.371 e. The first-order valence-electron chi connectivity index (χ1n) is 5.61. The van der Waals surface area contributed by atoms with Crippen LogP contribution >= 0.6 is 0 Å². The van der Waals surface area contributed by atoms with Gasteiger partial charge >= 0.3 is 5.97 Å². The molecule has 16 heavy (non-hydrogen) atoms. The van der Waals surface area contributed by atoms with Crippen LogP contribution in [0.5, 0.6) is 0 Å². The summed E-state index contributed by atoms with van der Waals surface area (Å²) < 4.78 is 10.8. The molecule has 0 spiro atoms. The van der Waals surface area contributed by atoms with Crippen LogP contribution in [0.3, 0.4) is 0 Å². The highest BCUT2D eigenvalue weighted by Gasteiger charge is 2.18. The maximum atomic E-state index is 10.7. The number of aromatic carboxylic acids is 1. The van der Waals surface area contributed by atoms with Gasteiger partial charge in [0.25, 0.3) is 0 Å². The highest BCUT2D eigenvalue weighted by atomic mass is 16.5. The zero-order valence-electron chi connectivity index (χ0n) is 9.36. The molecule has 0 radical (unpaired) electrons. The van der Waals surface area contributed by atoms with Gasteiger partial charge in [-0.2, -0.15) is 0 Å². The van der Waals surface area contributed by atoms with Crippen LogP contribution in [-0.2, 0) is 11.3 Å². The van der Waals surface area contributed by atoms with Crippen molar-refractivity contribution >= 4 is 5.97 Å². The minimum atomic E-state index is -1.03. The average molecular weight is 224 g/mol. The third-order valence-electron chi connectivity index (χ3n) is 3.01. The molecular formula is C12H16O4. The number of ether oxygens (including phenoxy) is 1. The topological polar surface area (TPSA) is 59.7 Å². The second-order valence-corrected chi connectivity index (χ2v) is 4.21. The van der Waals surface area contributed by atoms with Crippen molar-refractivity contribution in [2.45, 2.75) is 45.3 Å². The summed E-state index contributed by atoms with van der Waals surface area (Å²) in [5.41, 5.74) is 0.837. The van der Waals surface area contributed by atoms with E-state index >= 15 is 0 Å². The van der Waals surface area contributed by atoms with Gasteiger partial charge in [0.1, 0.15) is 5.76 Å². The molecule has 1 aliphatic carbocycles. The third kappa shape index (κ3) is 2.44. The molecule has 1 N–H and O–H groups in total. The molecule has 4 heteroatoms. The van der Waals surface area contributed by atoms with Gasteiger partial charge in [0.15, 0.2) is 0 Å². The predicted octanol–water partition coefficient (Wildman–Crippen LogP) is 2.75. The lowest BCUT2D eigenvalue weighted by atomic mass is 10.2. The molecule has 1 saturated carbocycles. The minimum Gasteiger partial charge on any atom is -0.475 e. The molecule has 0 aromatic carbocycles. The number of hydrogen-bond donors (Lipinski definition) is 1. The molecule has 0 atom stereocenters. The summed E-state index contributed by atoms with van der Waals surface area (Å²) >= 11 is 0. The minimum absolute atomic E-state index is 0.0116. The molecule has 0 bridgehead atoms. The van der Waals surface area contributed by atoms with Gasteiger partial charge in [0, 0.05) is 5.56 Å². The number of carbonyl (C=O) groups is 1. The van der Waals surface area contributed by atoms with Gasteiger partial charge in [-0.15, -0.1) is 0 Å². The Morgan fingerprint density at radius 1 is 1.56 bits per heavy atom. The average Bonchev–Trinajstić information content (AvgIpc) is 2.84. The van der Waals surface area contributed by atoms with Crippen LogP contribution in [0.1, 0.15) is 47.6 Å². The van der Waals surface area contributed by atoms with Crippen molar-refractivity contribution < 1.29 is 19.1 Å². The fraction of sp³-hybridized carbons (Fsp3) is 0.583. The maximum Gasteiger partial charge on any atom is 0.371 e. The molecule has 1 fully saturated rings. The SMILES string of the molecule is Cc1oc(C(=O)O)cc1COC1CCCC1. The summed E-state index contributed by atoms with van der Waals surface area (Å²) in [6.45, 7) is 2.22. The van der Waals surface area contributed by atoms with Gasteiger partial charge < -0.3 is 14.3 Å². The Morgan fingerprint density at radius 3 is 2.81 bits per heavy atom. The van der Waals surface area contributed by atoms with Crippen molar-refractivity contribution in [3.8, 4) is 0 Å². The monoisotopic (exact) mass is 224 g/mol. The molecule has 0 saturated heterocycles. The summed E-state index contributed by atoms with van der Waals surface area (Å²) in [6, 6.07) is 1.55. The lowest BCUT2D eigenvalue weighted by molar-refractivity contribution is 0.0450. The van der Waals surface area contributed by atoms with Gasteiger partial charge in [0.05, 0.1) is 12.7 Å². The van der Waals surface area contributed by atoms with Crippen molar-refractivity contribution in [1.82, 2.24) is 0 Å². The lowest BCUT2D eigenvalue weighted by Gasteiger charge is -2.09. The Morgan fingerprint density at radius 2 is 2.25 bits per heavy atom. The molecule has 0 aliphatic heterocycles. The van der Waals surface area contributed by atoms with Crippen molar-refractivity contribution in [2.75, 3.05) is 0 Å². The Labute approximate surface area is 94.2 Å². The van der Waals surface area contributed by atoms with Gasteiger partial charge in [0.2, 0.25) is 5.76 Å². The predicted molar refractivity (Wildman–Crippen MR) is 57.4 cm³/mol. The van der Waals surface area contributed by atoms with E-state index in [1.54, 1.807) is 13.0 Å². The molecule has 88 valence electrons. The Bertz CT molecular complexity index is 374. The Hall–Kier alpha value is -1.29. The van der Waals surface area contributed by atoms with E-state index in [1.807, 2.05) is 0 Å². The first-order valence-corrected chi connectivity index (χ1v) is 5.61. The molecular weight excluding hydrogens is 208 g/mol. The van der Waals surface area contributed by atoms with Crippen LogP contribution in [-0.4, -0.2) is 17.2 Å². The van der Waals surface area contributed by atoms with Gasteiger partial charge in [-0.1, -0.05) is 12.8 Å². The van der Waals surface area contributed by atoms with Crippen LogP contribution in [0, 0.1) is 6.92 Å². The lowest BCUT2D eigenvalue weighted by Crippen LogP contribution is -2.07. The summed E-state index contributed by atoms with van der Waals surface area (Å²) in [4.78, 5) is 10.7. The van der Waals surface area contributed by atoms with E-state index in [2.05, 4.69) is 0 Å². The number of rotatable bonds is 4. The fourth-order valence-corrected chi connectivity index (χ4v) is 2.03. The van der Waals surface area contributed by atoms with Gasteiger partial charge in [-0.3, -0.25) is 0 Å². The summed E-state index contributed by atoms with van der Waals surface area (Å²) in [5.74, 6) is -0.409. The summed E-state index contributed by atoms with van der Waals surface area (Å²) in [6.07, 6.45) is 5.03. The number of furan rings is 1. The van der Waals surface area contributed by atoms with E-state index in [-0.39, 0.29) is 5.76 Å². The first kappa shape index (κ1) is 11.2. The molecule has 4 nitrogen and oxygen atoms in total. The number of carboxylic acid groups (broad SMARTS) is 1. The van der Waals surface area contributed by atoms with Crippen molar-refractivity contribution in [1.29, 1.82) is 0 Å². The van der Waals surface area contributed by atoms with Gasteiger partial charge in [-0.25, -0.2) is 4.79 Å². The van der Waals surface area contributed by atoms with Crippen LogP contribution in [0.25, 0.3) is 0 Å². The number of aryl methyl sites for hydroxylation is 1. The normalized spacial score (nSPS) is 16.8. The second-order valence-electron chi connectivity index (χ2n) is 4.21. The summed E-state index contributed by atoms with van der Waals surface area (Å²) in [5, 5.41) is 8.77. The largest absolute Gasteiger partial charge is 0.475 e. The van der Waals surface area contributed by atoms with E-state index in [1.165, 1.54) is 12.8 Å². The van der Waals surface area contributed by atoms with Crippen LogP contribution < -0.4 is 0 Å². The van der Waals surface area contributed by atoms with E-state index in [0.29, 0.717) is 18.5 Å². The molecule has 1 aliphatic rings. The van der Waals surface area contributed by atoms with E-state index < -0.39 is 5.97 Å². The van der Waals surface area contributed by atoms with E-state index in [4.69, 9.17) is 14.3 Å². The fourth-order valence-electron chi connectivity index (χ4n) is 2.03. The Balaban J connectivity index is 1.95. The van der Waals surface area contributed by atoms with Crippen LogP contribution in [0.15, 0.2) is 10.5 Å². The molecule has 0 amide bonds. The Kier molecular flexibility index (Phi) is 3.29. The van der Waals surface area contributed by atoms with Crippen molar-refractivity contribution in [3.05, 3.63) is 23.2 Å². The van der Waals surface area contributed by atoms with Gasteiger partial charge in [-0.05, 0) is 25.8 Å². The highest BCUT2D eigenvalue weighted by molar-refractivity contribution is 5.84. The quantitative estimate of drug-likeness (QED) is 0.854. The third-order valence-corrected chi connectivity index (χ3v) is 3.01. The van der Waals surface area contributed by atoms with Crippen LogP contribution in [0.4, 0.5) is 0 Å². The maximum absolute atomic E-state index is 10.7. The van der Waals surface area contributed by atoms with Crippen LogP contribution in [0.2, 0.25) is 0 Å². The van der Waals surface area contributed by atoms with E-state index in [9.17, 15) is 4.79 Å². The van der Waals surface area contributed by atoms with Crippen molar-refractivity contribution in [2.24, 2.45) is 0 Å². The standard InChI is InChI=1S/C12H16O4/c1-8-9(6-11(16-8)12(13)14)7-15-10-4-2-3-5-10/h6,10H,2-5,7H2,1H3,(H,13,14). The number of carboxylic acids is 1. The zero-order valence-corrected chi connectivity index (χ0v) is 9.36. The van der Waals surface area contributed by atoms with Crippen molar-refractivity contribution in [3.63, 3.8) is 0 Å². The molecule has 0 unspecified atom stereocenters. The highest BCUT2D eigenvalue weighted by Crippen LogP contribution is 2.23. The zero-order chi connectivity index (χ0) is 11.5. The number of hydrogen-bond acceptors (Lipinski definition) is 3. The van der Waals surface area contributed by atoms with E-state index in [0.717, 1.165) is 18.4 Å². The molecule has 1 aromatic heterocycles. The first-order chi connectivity index (χ1) is 7.66. The molecule has 1 heterocycles. The molecule has 1 aromatic rings. The molecule has 2 rings (SSSR count). The summed E-state index contributed by atoms with van der Waals surface area (Å²) in [7, 11) is 0.